The highest BCUT2D eigenvalue weighted by Crippen LogP contribution is 2.30. The molecule has 0 aliphatic heterocycles. The lowest BCUT2D eigenvalue weighted by atomic mass is 10.1. The summed E-state index contributed by atoms with van der Waals surface area (Å²) in [6, 6.07) is 4.01. The summed E-state index contributed by atoms with van der Waals surface area (Å²) >= 11 is 0. The third-order valence-electron chi connectivity index (χ3n) is 5.12. The van der Waals surface area contributed by atoms with Gasteiger partial charge in [0.15, 0.2) is 23.3 Å². The number of hydrogen-bond acceptors (Lipinski definition) is 6. The first-order chi connectivity index (χ1) is 14.9. The first kappa shape index (κ1) is 24.5. The number of methoxy groups -OCH3 is 2. The second kappa shape index (κ2) is 12.1. The van der Waals surface area contributed by atoms with Crippen molar-refractivity contribution in [1.82, 2.24) is 25.0 Å². The van der Waals surface area contributed by atoms with E-state index < -0.39 is 0 Å². The van der Waals surface area contributed by atoms with Crippen molar-refractivity contribution in [3.05, 3.63) is 34.9 Å². The van der Waals surface area contributed by atoms with Crippen molar-refractivity contribution < 1.29 is 14.2 Å². The second-order valence-corrected chi connectivity index (χ2v) is 7.33. The van der Waals surface area contributed by atoms with Crippen LogP contribution in [0.2, 0.25) is 0 Å². The Bertz CT molecular complexity index is 865. The van der Waals surface area contributed by atoms with Crippen LogP contribution in [0.4, 0.5) is 0 Å². The third kappa shape index (κ3) is 6.85. The van der Waals surface area contributed by atoms with Gasteiger partial charge in [0, 0.05) is 40.4 Å². The van der Waals surface area contributed by atoms with Gasteiger partial charge in [0.05, 0.1) is 14.2 Å². The van der Waals surface area contributed by atoms with Gasteiger partial charge in [-0.05, 0) is 50.5 Å². The zero-order valence-electron chi connectivity index (χ0n) is 19.9. The molecule has 1 aromatic carbocycles. The zero-order chi connectivity index (χ0) is 22.8. The SMILES string of the molecule is CCOCCCNC(=NCc1nnc(C)n1C)N(C)Cc1cc(OC)c(OC)cc1C. The van der Waals surface area contributed by atoms with Crippen LogP contribution in [0.5, 0.6) is 11.5 Å². The van der Waals surface area contributed by atoms with Gasteiger partial charge in [0.25, 0.3) is 0 Å². The lowest BCUT2D eigenvalue weighted by Gasteiger charge is -2.24. The average molecular weight is 433 g/mol. The van der Waals surface area contributed by atoms with E-state index in [1.807, 2.05) is 44.6 Å². The number of rotatable bonds is 11. The smallest absolute Gasteiger partial charge is 0.194 e. The Labute approximate surface area is 185 Å². The highest BCUT2D eigenvalue weighted by atomic mass is 16.5. The van der Waals surface area contributed by atoms with Crippen LogP contribution in [0.1, 0.15) is 36.1 Å². The molecule has 9 heteroatoms. The van der Waals surface area contributed by atoms with Gasteiger partial charge in [-0.15, -0.1) is 10.2 Å². The summed E-state index contributed by atoms with van der Waals surface area (Å²) in [5, 5.41) is 11.8. The average Bonchev–Trinajstić information content (AvgIpc) is 3.08. The molecule has 0 fully saturated rings. The molecule has 0 amide bonds. The Hall–Kier alpha value is -2.81. The molecule has 1 heterocycles. The minimum Gasteiger partial charge on any atom is -0.493 e. The fourth-order valence-electron chi connectivity index (χ4n) is 3.09. The molecular formula is C22H36N6O3. The molecule has 0 saturated carbocycles. The monoisotopic (exact) mass is 432 g/mol. The molecule has 1 N–H and O–H groups in total. The van der Waals surface area contributed by atoms with E-state index in [2.05, 4.69) is 27.3 Å². The van der Waals surface area contributed by atoms with Crippen LogP contribution >= 0.6 is 0 Å². The first-order valence-electron chi connectivity index (χ1n) is 10.5. The van der Waals surface area contributed by atoms with Gasteiger partial charge in [0.2, 0.25) is 0 Å². The molecule has 172 valence electrons. The summed E-state index contributed by atoms with van der Waals surface area (Å²) in [6.07, 6.45) is 0.902. The van der Waals surface area contributed by atoms with Gasteiger partial charge in [-0.3, -0.25) is 0 Å². The maximum atomic E-state index is 5.48. The van der Waals surface area contributed by atoms with Crippen LogP contribution in [0.25, 0.3) is 0 Å². The normalized spacial score (nSPS) is 11.5. The van der Waals surface area contributed by atoms with Crippen LogP contribution in [0.15, 0.2) is 17.1 Å². The third-order valence-corrected chi connectivity index (χ3v) is 5.12. The molecule has 1 aromatic heterocycles. The van der Waals surface area contributed by atoms with E-state index in [-0.39, 0.29) is 0 Å². The number of aryl methyl sites for hydroxylation is 2. The molecule has 0 radical (unpaired) electrons. The van der Waals surface area contributed by atoms with E-state index in [4.69, 9.17) is 19.2 Å². The molecule has 0 aliphatic carbocycles. The van der Waals surface area contributed by atoms with Crippen molar-refractivity contribution in [3.8, 4) is 11.5 Å². The Morgan fingerprint density at radius 3 is 2.48 bits per heavy atom. The van der Waals surface area contributed by atoms with Crippen molar-refractivity contribution in [3.63, 3.8) is 0 Å². The number of aliphatic imine (C=N–C) groups is 1. The van der Waals surface area contributed by atoms with Gasteiger partial charge in [-0.25, -0.2) is 4.99 Å². The molecule has 0 bridgehead atoms. The summed E-state index contributed by atoms with van der Waals surface area (Å²) in [6.45, 7) is 9.33. The maximum absolute atomic E-state index is 5.48. The number of aromatic nitrogens is 3. The van der Waals surface area contributed by atoms with Gasteiger partial charge in [-0.1, -0.05) is 0 Å². The van der Waals surface area contributed by atoms with Crippen molar-refractivity contribution in [2.24, 2.45) is 12.0 Å². The van der Waals surface area contributed by atoms with E-state index in [0.29, 0.717) is 18.8 Å². The topological polar surface area (TPSA) is 86.0 Å². The summed E-state index contributed by atoms with van der Waals surface area (Å²) in [5.41, 5.74) is 2.27. The lowest BCUT2D eigenvalue weighted by molar-refractivity contribution is 0.145. The number of ether oxygens (including phenoxy) is 3. The van der Waals surface area contributed by atoms with Crippen LogP contribution in [0.3, 0.4) is 0 Å². The first-order valence-corrected chi connectivity index (χ1v) is 10.5. The zero-order valence-corrected chi connectivity index (χ0v) is 19.9. The highest BCUT2D eigenvalue weighted by Gasteiger charge is 2.14. The Morgan fingerprint density at radius 1 is 1.16 bits per heavy atom. The summed E-state index contributed by atoms with van der Waals surface area (Å²) in [5.74, 6) is 3.93. The van der Waals surface area contributed by atoms with E-state index in [1.165, 1.54) is 0 Å². The fraction of sp³-hybridized carbons (Fsp3) is 0.591. The van der Waals surface area contributed by atoms with Crippen LogP contribution < -0.4 is 14.8 Å². The Balaban J connectivity index is 2.17. The molecule has 0 atom stereocenters. The molecular weight excluding hydrogens is 396 g/mol. The molecule has 0 aliphatic rings. The standard InChI is InChI=1S/C22H36N6O3/c1-8-31-11-9-10-23-22(24-14-21-26-25-17(3)28(21)5)27(4)15-18-13-20(30-7)19(29-6)12-16(18)2/h12-13H,8-11,14-15H2,1-7H3,(H,23,24). The minimum atomic E-state index is 0.445. The number of benzene rings is 1. The van der Waals surface area contributed by atoms with Crippen molar-refractivity contribution in [1.29, 1.82) is 0 Å². The Morgan fingerprint density at radius 2 is 1.87 bits per heavy atom. The summed E-state index contributed by atoms with van der Waals surface area (Å²) in [4.78, 5) is 6.89. The van der Waals surface area contributed by atoms with Gasteiger partial charge >= 0.3 is 0 Å². The van der Waals surface area contributed by atoms with E-state index in [9.17, 15) is 0 Å². The van der Waals surface area contributed by atoms with E-state index in [0.717, 1.165) is 60.7 Å². The fourth-order valence-corrected chi connectivity index (χ4v) is 3.09. The molecule has 2 rings (SSSR count). The van der Waals surface area contributed by atoms with Crippen molar-refractivity contribution in [2.75, 3.05) is 41.0 Å². The molecule has 0 unspecified atom stereocenters. The lowest BCUT2D eigenvalue weighted by Crippen LogP contribution is -2.39. The quantitative estimate of drug-likeness (QED) is 0.332. The summed E-state index contributed by atoms with van der Waals surface area (Å²) < 4.78 is 18.3. The number of hydrogen-bond donors (Lipinski definition) is 1. The Kier molecular flexibility index (Phi) is 9.58. The van der Waals surface area contributed by atoms with Crippen molar-refractivity contribution >= 4 is 5.96 Å². The number of guanidine groups is 1. The molecule has 0 saturated heterocycles. The number of nitrogens with one attached hydrogen (secondary N) is 1. The minimum absolute atomic E-state index is 0.445. The molecule has 0 spiro atoms. The van der Waals surface area contributed by atoms with Crippen molar-refractivity contribution in [2.45, 2.75) is 40.3 Å². The van der Waals surface area contributed by atoms with E-state index >= 15 is 0 Å². The van der Waals surface area contributed by atoms with Crippen LogP contribution in [-0.2, 0) is 24.9 Å². The molecule has 2 aromatic rings. The van der Waals surface area contributed by atoms with E-state index in [1.54, 1.807) is 14.2 Å². The predicted molar refractivity (Wildman–Crippen MR) is 122 cm³/mol. The maximum Gasteiger partial charge on any atom is 0.194 e. The van der Waals surface area contributed by atoms with Crippen LogP contribution in [0, 0.1) is 13.8 Å². The molecule has 9 nitrogen and oxygen atoms in total. The van der Waals surface area contributed by atoms with Gasteiger partial charge in [-0.2, -0.15) is 0 Å². The second-order valence-electron chi connectivity index (χ2n) is 7.33. The van der Waals surface area contributed by atoms with Gasteiger partial charge in [0.1, 0.15) is 12.4 Å². The summed E-state index contributed by atoms with van der Waals surface area (Å²) in [7, 11) is 7.27. The molecule has 31 heavy (non-hydrogen) atoms. The number of nitrogens with zero attached hydrogens (tertiary/aromatic N) is 5. The highest BCUT2D eigenvalue weighted by molar-refractivity contribution is 5.79. The van der Waals surface area contributed by atoms with Crippen LogP contribution in [-0.4, -0.2) is 66.6 Å². The predicted octanol–water partition coefficient (Wildman–Crippen LogP) is 2.45. The largest absolute Gasteiger partial charge is 0.493 e. The van der Waals surface area contributed by atoms with Gasteiger partial charge < -0.3 is 29.0 Å².